The van der Waals surface area contributed by atoms with Gasteiger partial charge in [-0.3, -0.25) is 4.79 Å². The quantitative estimate of drug-likeness (QED) is 0.556. The van der Waals surface area contributed by atoms with Crippen LogP contribution in [0, 0.1) is 6.92 Å². The van der Waals surface area contributed by atoms with Crippen LogP contribution < -0.4 is 16.4 Å². The Balaban J connectivity index is 1.95. The molecule has 0 aliphatic rings. The molecule has 4 N–H and O–H groups in total. The van der Waals surface area contributed by atoms with E-state index in [-0.39, 0.29) is 0 Å². The maximum absolute atomic E-state index is 11.1. The van der Waals surface area contributed by atoms with E-state index in [1.807, 2.05) is 32.2 Å². The van der Waals surface area contributed by atoms with Crippen molar-refractivity contribution in [2.24, 2.45) is 10.7 Å². The first-order valence-electron chi connectivity index (χ1n) is 7.40. The minimum absolute atomic E-state index is 0.422. The molecule has 23 heavy (non-hydrogen) atoms. The molecule has 0 aliphatic carbocycles. The molecule has 0 saturated carbocycles. The van der Waals surface area contributed by atoms with Crippen molar-refractivity contribution in [3.05, 3.63) is 51.5 Å². The first-order valence-corrected chi connectivity index (χ1v) is 8.22. The first kappa shape index (κ1) is 17.0. The highest BCUT2D eigenvalue weighted by molar-refractivity contribution is 7.11. The Bertz CT molecular complexity index is 678. The van der Waals surface area contributed by atoms with E-state index in [2.05, 4.69) is 20.6 Å². The molecule has 0 aliphatic heterocycles. The Hall–Kier alpha value is -2.41. The lowest BCUT2D eigenvalue weighted by Gasteiger charge is -2.10. The van der Waals surface area contributed by atoms with E-state index in [0.29, 0.717) is 18.7 Å². The van der Waals surface area contributed by atoms with E-state index in [4.69, 9.17) is 5.73 Å². The lowest BCUT2D eigenvalue weighted by atomic mass is 10.1. The van der Waals surface area contributed by atoms with E-state index in [0.717, 1.165) is 23.1 Å². The second-order valence-electron chi connectivity index (χ2n) is 4.97. The number of aliphatic imine (C=N–C) groups is 1. The molecular formula is C16H21N5OS. The fraction of sp³-hybridized carbons (Fsp3) is 0.312. The number of aromatic nitrogens is 1. The molecule has 6 nitrogen and oxygen atoms in total. The van der Waals surface area contributed by atoms with Crippen molar-refractivity contribution in [2.75, 3.05) is 6.54 Å². The van der Waals surface area contributed by atoms with Gasteiger partial charge in [0.15, 0.2) is 5.96 Å². The molecule has 2 rings (SSSR count). The summed E-state index contributed by atoms with van der Waals surface area (Å²) in [5.74, 6) is 0.313. The smallest absolute Gasteiger partial charge is 0.248 e. The Morgan fingerprint density at radius 3 is 2.61 bits per heavy atom. The highest BCUT2D eigenvalue weighted by atomic mass is 32.1. The second kappa shape index (κ2) is 8.28. The molecular weight excluding hydrogens is 310 g/mol. The zero-order chi connectivity index (χ0) is 16.7. The average Bonchev–Trinajstić information content (AvgIpc) is 2.96. The highest BCUT2D eigenvalue weighted by Crippen LogP contribution is 2.10. The number of carbonyl (C=O) groups excluding carboxylic acids is 1. The van der Waals surface area contributed by atoms with E-state index in [1.165, 1.54) is 4.88 Å². The van der Waals surface area contributed by atoms with Crippen molar-refractivity contribution in [3.8, 4) is 0 Å². The van der Waals surface area contributed by atoms with Crippen LogP contribution in [-0.4, -0.2) is 23.4 Å². The van der Waals surface area contributed by atoms with Crippen molar-refractivity contribution in [1.29, 1.82) is 0 Å². The minimum Gasteiger partial charge on any atom is -0.366 e. The summed E-state index contributed by atoms with van der Waals surface area (Å²) in [5.41, 5.74) is 6.74. The number of primary amides is 1. The van der Waals surface area contributed by atoms with Crippen LogP contribution in [0.4, 0.5) is 0 Å². The molecule has 2 aromatic rings. The van der Waals surface area contributed by atoms with Crippen molar-refractivity contribution in [1.82, 2.24) is 15.6 Å². The number of aryl methyl sites for hydroxylation is 1. The molecule has 122 valence electrons. The Morgan fingerprint density at radius 2 is 2.04 bits per heavy atom. The van der Waals surface area contributed by atoms with Crippen molar-refractivity contribution in [3.63, 3.8) is 0 Å². The topological polar surface area (TPSA) is 92.4 Å². The Kier molecular flexibility index (Phi) is 6.10. The summed E-state index contributed by atoms with van der Waals surface area (Å²) >= 11 is 1.67. The third kappa shape index (κ3) is 5.37. The van der Waals surface area contributed by atoms with Crippen LogP contribution in [0.3, 0.4) is 0 Å². The predicted octanol–water partition coefficient (Wildman–Crippen LogP) is 1.81. The number of nitrogens with one attached hydrogen (secondary N) is 2. The molecule has 1 amide bonds. The lowest BCUT2D eigenvalue weighted by molar-refractivity contribution is 0.100. The third-order valence-corrected chi connectivity index (χ3v) is 3.99. The largest absolute Gasteiger partial charge is 0.366 e. The van der Waals surface area contributed by atoms with E-state index in [9.17, 15) is 4.79 Å². The normalized spacial score (nSPS) is 11.3. The fourth-order valence-corrected chi connectivity index (χ4v) is 2.66. The highest BCUT2D eigenvalue weighted by Gasteiger charge is 2.03. The number of thiazole rings is 1. The predicted molar refractivity (Wildman–Crippen MR) is 93.5 cm³/mol. The average molecular weight is 331 g/mol. The van der Waals surface area contributed by atoms with E-state index in [1.54, 1.807) is 23.5 Å². The van der Waals surface area contributed by atoms with Gasteiger partial charge < -0.3 is 16.4 Å². The van der Waals surface area contributed by atoms with Crippen LogP contribution in [0.5, 0.6) is 0 Å². The van der Waals surface area contributed by atoms with Crippen molar-refractivity contribution >= 4 is 23.2 Å². The second-order valence-corrected chi connectivity index (χ2v) is 6.29. The molecule has 0 atom stereocenters. The molecule has 0 bridgehead atoms. The van der Waals surface area contributed by atoms with Gasteiger partial charge in [-0.2, -0.15) is 0 Å². The Morgan fingerprint density at radius 1 is 1.30 bits per heavy atom. The van der Waals surface area contributed by atoms with Crippen molar-refractivity contribution < 1.29 is 4.79 Å². The van der Waals surface area contributed by atoms with Gasteiger partial charge in [0, 0.05) is 23.2 Å². The standard InChI is InChI=1S/C16H21N5OS/c1-3-18-16(21-10-14-19-8-11(2)23-14)20-9-12-4-6-13(7-5-12)15(17)22/h4-8H,3,9-10H2,1-2H3,(H2,17,22)(H2,18,20,21). The minimum atomic E-state index is -0.422. The molecule has 0 saturated heterocycles. The maximum Gasteiger partial charge on any atom is 0.248 e. The summed E-state index contributed by atoms with van der Waals surface area (Å²) < 4.78 is 0. The molecule has 7 heteroatoms. The van der Waals surface area contributed by atoms with Crippen LogP contribution in [-0.2, 0) is 13.1 Å². The number of guanidine groups is 1. The summed E-state index contributed by atoms with van der Waals surface area (Å²) in [5, 5.41) is 7.49. The van der Waals surface area contributed by atoms with Gasteiger partial charge in [0.1, 0.15) is 5.01 Å². The number of benzene rings is 1. The molecule has 1 aromatic carbocycles. The van der Waals surface area contributed by atoms with Crippen LogP contribution in [0.25, 0.3) is 0 Å². The number of hydrogen-bond donors (Lipinski definition) is 3. The summed E-state index contributed by atoms with van der Waals surface area (Å²) in [6, 6.07) is 7.15. The number of carbonyl (C=O) groups is 1. The van der Waals surface area contributed by atoms with Crippen LogP contribution in [0.2, 0.25) is 0 Å². The molecule has 0 spiro atoms. The van der Waals surface area contributed by atoms with Gasteiger partial charge in [0.25, 0.3) is 0 Å². The van der Waals surface area contributed by atoms with Gasteiger partial charge in [-0.25, -0.2) is 9.98 Å². The van der Waals surface area contributed by atoms with Gasteiger partial charge >= 0.3 is 0 Å². The Labute approximate surface area is 139 Å². The zero-order valence-electron chi connectivity index (χ0n) is 13.3. The van der Waals surface area contributed by atoms with Gasteiger partial charge in [-0.1, -0.05) is 12.1 Å². The SMILES string of the molecule is CCNC(=NCc1ccc(C(N)=O)cc1)NCc1ncc(C)s1. The van der Waals surface area contributed by atoms with Gasteiger partial charge in [0.05, 0.1) is 13.1 Å². The van der Waals surface area contributed by atoms with Crippen LogP contribution in [0.15, 0.2) is 35.5 Å². The number of amides is 1. The van der Waals surface area contributed by atoms with Crippen molar-refractivity contribution in [2.45, 2.75) is 26.9 Å². The van der Waals surface area contributed by atoms with Gasteiger partial charge in [-0.05, 0) is 31.5 Å². The van der Waals surface area contributed by atoms with Gasteiger partial charge in [-0.15, -0.1) is 11.3 Å². The first-order chi connectivity index (χ1) is 11.1. The van der Waals surface area contributed by atoms with Gasteiger partial charge in [0.2, 0.25) is 5.91 Å². The molecule has 1 heterocycles. The summed E-state index contributed by atoms with van der Waals surface area (Å²) in [7, 11) is 0. The summed E-state index contributed by atoms with van der Waals surface area (Å²) in [6.07, 6.45) is 1.87. The third-order valence-electron chi connectivity index (χ3n) is 3.08. The monoisotopic (exact) mass is 331 g/mol. The van der Waals surface area contributed by atoms with Crippen LogP contribution in [0.1, 0.15) is 32.7 Å². The summed E-state index contributed by atoms with van der Waals surface area (Å²) in [4.78, 5) is 21.1. The number of nitrogens with zero attached hydrogens (tertiary/aromatic N) is 2. The lowest BCUT2D eigenvalue weighted by Crippen LogP contribution is -2.36. The molecule has 1 aromatic heterocycles. The summed E-state index contributed by atoms with van der Waals surface area (Å²) in [6.45, 7) is 6.00. The molecule has 0 unspecified atom stereocenters. The van der Waals surface area contributed by atoms with E-state index >= 15 is 0 Å². The molecule has 0 fully saturated rings. The number of hydrogen-bond acceptors (Lipinski definition) is 4. The number of nitrogens with two attached hydrogens (primary N) is 1. The van der Waals surface area contributed by atoms with Crippen LogP contribution >= 0.6 is 11.3 Å². The molecule has 0 radical (unpaired) electrons. The zero-order valence-corrected chi connectivity index (χ0v) is 14.1. The number of rotatable bonds is 6. The fourth-order valence-electron chi connectivity index (χ4n) is 1.93. The van der Waals surface area contributed by atoms with E-state index < -0.39 is 5.91 Å². The maximum atomic E-state index is 11.1.